The van der Waals surface area contributed by atoms with Crippen molar-refractivity contribution in [3.63, 3.8) is 0 Å². The van der Waals surface area contributed by atoms with Crippen LogP contribution in [0.4, 0.5) is 0 Å². The summed E-state index contributed by atoms with van der Waals surface area (Å²) in [6.45, 7) is 1.40. The van der Waals surface area contributed by atoms with Crippen molar-refractivity contribution >= 4 is 23.5 Å². The largest absolute Gasteiger partial charge is 0.490 e. The third-order valence-corrected chi connectivity index (χ3v) is 7.61. The Hall–Kier alpha value is -1.29. The van der Waals surface area contributed by atoms with Crippen molar-refractivity contribution in [3.05, 3.63) is 45.3 Å². The zero-order chi connectivity index (χ0) is 24.5. The molecular formula is C12H19N2O15P3. The van der Waals surface area contributed by atoms with Gasteiger partial charge in [0.2, 0.25) is 0 Å². The number of rotatable bonds is 9. The zero-order valence-electron chi connectivity index (χ0n) is 15.8. The van der Waals surface area contributed by atoms with E-state index in [0.29, 0.717) is 4.57 Å². The third-order valence-electron chi connectivity index (χ3n) is 3.78. The number of aliphatic hydroxyl groups excluding tert-OH is 2. The molecule has 0 spiro atoms. The Morgan fingerprint density at radius 2 is 1.72 bits per heavy atom. The average Bonchev–Trinajstić information content (AvgIpc) is 2.86. The fourth-order valence-corrected chi connectivity index (χ4v) is 5.82. The number of H-pyrrole nitrogens is 1. The second-order valence-electron chi connectivity index (χ2n) is 6.18. The fraction of sp³-hybridized carbons (Fsp3) is 0.500. The first kappa shape index (κ1) is 27.0. The monoisotopic (exact) mass is 524 g/mol. The van der Waals surface area contributed by atoms with E-state index in [1.54, 1.807) is 0 Å². The van der Waals surface area contributed by atoms with Gasteiger partial charge in [-0.3, -0.25) is 18.9 Å². The topological polar surface area (TPSA) is 264 Å². The molecule has 20 heteroatoms. The smallest absolute Gasteiger partial charge is 0.387 e. The van der Waals surface area contributed by atoms with Crippen LogP contribution in [0.3, 0.4) is 0 Å². The van der Waals surface area contributed by atoms with Crippen molar-refractivity contribution in [3.8, 4) is 0 Å². The maximum absolute atomic E-state index is 12.1. The van der Waals surface area contributed by atoms with Gasteiger partial charge in [-0.2, -0.15) is 8.62 Å². The predicted molar refractivity (Wildman–Crippen MR) is 101 cm³/mol. The number of aromatic amines is 1. The Balaban J connectivity index is 2.27. The number of hydrogen-bond acceptors (Lipinski definition) is 11. The molecular weight excluding hydrogens is 505 g/mol. The molecule has 7 unspecified atom stereocenters. The highest BCUT2D eigenvalue weighted by Crippen LogP contribution is 2.66. The standard InChI is InChI=1S/C12H19N2O15P3/c1-2-3-6(27-31(22,23)29-32(24,25)28-30(19,20)21)10-8(16)9(17)11(26-10)14-5-4-7(15)13-12(14)18/h2-6,8-11,16-17H,1H3,(H,22,23)(H,24,25)(H,13,15,18)(H2,19,20,21). The van der Waals surface area contributed by atoms with Crippen molar-refractivity contribution in [1.29, 1.82) is 0 Å². The van der Waals surface area contributed by atoms with Gasteiger partial charge in [-0.1, -0.05) is 12.2 Å². The Morgan fingerprint density at radius 3 is 2.25 bits per heavy atom. The Labute approximate surface area is 177 Å². The Morgan fingerprint density at radius 1 is 1.09 bits per heavy atom. The van der Waals surface area contributed by atoms with E-state index < -0.39 is 65.4 Å². The van der Waals surface area contributed by atoms with Gasteiger partial charge in [0, 0.05) is 12.3 Å². The molecule has 17 nitrogen and oxygen atoms in total. The van der Waals surface area contributed by atoms with Crippen molar-refractivity contribution in [1.82, 2.24) is 9.55 Å². The van der Waals surface area contributed by atoms with Crippen molar-refractivity contribution in [2.75, 3.05) is 0 Å². The molecule has 1 aliphatic rings. The fourth-order valence-electron chi connectivity index (χ4n) is 2.66. The predicted octanol–water partition coefficient (Wildman–Crippen LogP) is -1.56. The number of phosphoric acid groups is 3. The molecule has 2 rings (SSSR count). The highest BCUT2D eigenvalue weighted by Gasteiger charge is 2.50. The molecule has 1 aromatic rings. The highest BCUT2D eigenvalue weighted by atomic mass is 31.3. The van der Waals surface area contributed by atoms with E-state index in [-0.39, 0.29) is 0 Å². The van der Waals surface area contributed by atoms with Gasteiger partial charge in [0.15, 0.2) is 6.23 Å². The summed E-state index contributed by atoms with van der Waals surface area (Å²) in [6, 6.07) is 0.923. The van der Waals surface area contributed by atoms with E-state index in [1.807, 2.05) is 4.98 Å². The number of hydrogen-bond donors (Lipinski definition) is 7. The Kier molecular flexibility index (Phi) is 8.35. The number of phosphoric ester groups is 1. The van der Waals surface area contributed by atoms with Gasteiger partial charge in [0.25, 0.3) is 5.56 Å². The third kappa shape index (κ3) is 7.10. The van der Waals surface area contributed by atoms with Crippen LogP contribution in [0.5, 0.6) is 0 Å². The maximum Gasteiger partial charge on any atom is 0.490 e. The maximum atomic E-state index is 12.1. The minimum absolute atomic E-state index is 0.715. The van der Waals surface area contributed by atoms with Gasteiger partial charge in [-0.15, -0.1) is 0 Å². The SMILES string of the molecule is CC=CC(OP(=O)(O)OP(=O)(O)OP(=O)(O)O)C1OC(n2ccc(=O)[nH]c2=O)C(O)C1O. The first-order valence-corrected chi connectivity index (χ1v) is 12.9. The van der Waals surface area contributed by atoms with Crippen LogP contribution in [-0.4, -0.2) is 63.8 Å². The lowest BCUT2D eigenvalue weighted by Crippen LogP contribution is -2.39. The van der Waals surface area contributed by atoms with Crippen LogP contribution in [0.2, 0.25) is 0 Å². The summed E-state index contributed by atoms with van der Waals surface area (Å²) in [5, 5.41) is 20.5. The quantitative estimate of drug-likeness (QED) is 0.142. The van der Waals surface area contributed by atoms with Crippen LogP contribution in [0.25, 0.3) is 0 Å². The summed E-state index contributed by atoms with van der Waals surface area (Å²) >= 11 is 0. The minimum Gasteiger partial charge on any atom is -0.387 e. The molecule has 7 N–H and O–H groups in total. The molecule has 1 fully saturated rings. The first-order chi connectivity index (χ1) is 14.6. The van der Waals surface area contributed by atoms with Gasteiger partial charge in [-0.25, -0.2) is 18.5 Å². The summed E-state index contributed by atoms with van der Waals surface area (Å²) in [7, 11) is -17.0. The van der Waals surface area contributed by atoms with Gasteiger partial charge in [0.05, 0.1) is 0 Å². The summed E-state index contributed by atoms with van der Waals surface area (Å²) in [5.41, 5.74) is -1.76. The number of nitrogens with zero attached hydrogens (tertiary/aromatic N) is 1. The molecule has 0 aromatic carbocycles. The number of ether oxygens (including phenoxy) is 1. The van der Waals surface area contributed by atoms with Crippen LogP contribution in [0.15, 0.2) is 34.0 Å². The lowest BCUT2D eigenvalue weighted by atomic mass is 10.1. The lowest BCUT2D eigenvalue weighted by Gasteiger charge is -2.25. The van der Waals surface area contributed by atoms with E-state index in [9.17, 15) is 43.3 Å². The molecule has 2 heterocycles. The van der Waals surface area contributed by atoms with E-state index in [2.05, 4.69) is 13.1 Å². The van der Waals surface area contributed by atoms with Gasteiger partial charge in [0.1, 0.15) is 24.4 Å². The van der Waals surface area contributed by atoms with E-state index in [0.717, 1.165) is 18.3 Å². The molecule has 32 heavy (non-hydrogen) atoms. The van der Waals surface area contributed by atoms with Crippen LogP contribution in [0, 0.1) is 0 Å². The Bertz CT molecular complexity index is 1110. The first-order valence-electron chi connectivity index (χ1n) is 8.33. The van der Waals surface area contributed by atoms with Crippen LogP contribution in [0.1, 0.15) is 13.2 Å². The molecule has 0 bridgehead atoms. The summed E-state index contributed by atoms with van der Waals surface area (Å²) < 4.78 is 52.2. The molecule has 182 valence electrons. The van der Waals surface area contributed by atoms with Crippen molar-refractivity contribution < 1.29 is 61.4 Å². The molecule has 0 saturated carbocycles. The number of aliphatic hydroxyl groups is 2. The number of aromatic nitrogens is 2. The average molecular weight is 524 g/mol. The molecule has 0 amide bonds. The number of allylic oxidation sites excluding steroid dienone is 1. The molecule has 7 atom stereocenters. The highest BCUT2D eigenvalue weighted by molar-refractivity contribution is 7.66. The van der Waals surface area contributed by atoms with Gasteiger partial charge < -0.3 is 34.5 Å². The van der Waals surface area contributed by atoms with E-state index >= 15 is 0 Å². The van der Waals surface area contributed by atoms with Crippen molar-refractivity contribution in [2.45, 2.75) is 37.6 Å². The second-order valence-corrected chi connectivity index (χ2v) is 10.5. The van der Waals surface area contributed by atoms with Gasteiger partial charge >= 0.3 is 29.2 Å². The van der Waals surface area contributed by atoms with Crippen LogP contribution >= 0.6 is 23.5 Å². The molecule has 0 aliphatic carbocycles. The lowest BCUT2D eigenvalue weighted by molar-refractivity contribution is -0.0710. The van der Waals surface area contributed by atoms with Crippen LogP contribution < -0.4 is 11.2 Å². The van der Waals surface area contributed by atoms with Crippen LogP contribution in [-0.2, 0) is 31.6 Å². The van der Waals surface area contributed by atoms with E-state index in [1.165, 1.54) is 13.0 Å². The zero-order valence-corrected chi connectivity index (χ0v) is 18.5. The molecule has 1 aliphatic heterocycles. The normalized spacial score (nSPS) is 29.0. The second kappa shape index (κ2) is 9.91. The van der Waals surface area contributed by atoms with Gasteiger partial charge in [-0.05, 0) is 6.92 Å². The molecule has 1 saturated heterocycles. The molecule has 0 radical (unpaired) electrons. The minimum atomic E-state index is -5.80. The van der Waals surface area contributed by atoms with E-state index in [4.69, 9.17) is 14.5 Å². The molecule has 1 aromatic heterocycles. The van der Waals surface area contributed by atoms with Crippen molar-refractivity contribution in [2.24, 2.45) is 0 Å². The number of nitrogens with one attached hydrogen (secondary N) is 1. The summed E-state index contributed by atoms with van der Waals surface area (Å²) in [5.74, 6) is 0. The summed E-state index contributed by atoms with van der Waals surface area (Å²) in [6.07, 6.45) is -5.48. The summed E-state index contributed by atoms with van der Waals surface area (Å²) in [4.78, 5) is 61.1.